The molecule has 160 valence electrons. The quantitative estimate of drug-likeness (QED) is 0.295. The van der Waals surface area contributed by atoms with Crippen molar-refractivity contribution >= 4 is 28.8 Å². The number of halogens is 1. The molecular formula is C23H22FN3O4. The van der Waals surface area contributed by atoms with E-state index in [4.69, 9.17) is 18.1 Å². The van der Waals surface area contributed by atoms with Crippen LogP contribution in [0.1, 0.15) is 44.9 Å². The van der Waals surface area contributed by atoms with Crippen molar-refractivity contribution in [2.45, 2.75) is 26.7 Å². The van der Waals surface area contributed by atoms with E-state index in [-0.39, 0.29) is 42.1 Å². The van der Waals surface area contributed by atoms with E-state index in [0.717, 1.165) is 6.07 Å². The number of Topliss-reactive ketones (excluding diaryl/α,β-unsaturated/α-hetero) is 2. The topological polar surface area (TPSA) is 92.8 Å². The fourth-order valence-corrected chi connectivity index (χ4v) is 3.36. The number of hydrogen-bond donors (Lipinski definition) is 2. The molecule has 0 saturated carbocycles. The maximum absolute atomic E-state index is 13.5. The second-order valence-electron chi connectivity index (χ2n) is 7.06. The molecule has 1 heterocycles. The summed E-state index contributed by atoms with van der Waals surface area (Å²) in [4.78, 5) is 41.2. The molecule has 0 saturated heterocycles. The van der Waals surface area contributed by atoms with E-state index in [9.17, 15) is 18.8 Å². The average molecular weight is 423 g/mol. The van der Waals surface area contributed by atoms with Gasteiger partial charge in [-0.1, -0.05) is 0 Å². The van der Waals surface area contributed by atoms with Gasteiger partial charge in [0.15, 0.2) is 0 Å². The summed E-state index contributed by atoms with van der Waals surface area (Å²) >= 11 is 0. The molecule has 2 aromatic rings. The minimum Gasteiger partial charge on any atom is -0.396 e. The molecule has 0 aliphatic heterocycles. The molecule has 0 aliphatic rings. The van der Waals surface area contributed by atoms with Gasteiger partial charge in [0.2, 0.25) is 17.3 Å². The van der Waals surface area contributed by atoms with Gasteiger partial charge in [-0.25, -0.2) is 9.24 Å². The Morgan fingerprint density at radius 2 is 2.03 bits per heavy atom. The summed E-state index contributed by atoms with van der Waals surface area (Å²) in [6, 6.07) is 3.61. The summed E-state index contributed by atoms with van der Waals surface area (Å²) in [5, 5.41) is 11.6. The smallest absolute Gasteiger partial charge is 0.272 e. The van der Waals surface area contributed by atoms with Gasteiger partial charge in [-0.05, 0) is 44.0 Å². The Morgan fingerprint density at radius 3 is 2.61 bits per heavy atom. The number of aliphatic hydroxyl groups excluding tert-OH is 1. The monoisotopic (exact) mass is 423 g/mol. The number of carbonyl (C=O) groups is 3. The molecule has 0 radical (unpaired) electrons. The SMILES string of the molecule is [C-]#[N+]c1cc(NC(=O)c2c(C)c(C(=O)C(=O)C[C@@H](C#C)CCO)c(C)n2C)ccc1F. The lowest BCUT2D eigenvalue weighted by Gasteiger charge is -2.09. The van der Waals surface area contributed by atoms with Crippen LogP contribution < -0.4 is 5.32 Å². The minimum absolute atomic E-state index is 0.123. The number of ketones is 2. The number of hydrogen-bond acceptors (Lipinski definition) is 4. The summed E-state index contributed by atoms with van der Waals surface area (Å²) in [6.45, 7) is 9.96. The van der Waals surface area contributed by atoms with Gasteiger partial charge in [-0.15, -0.1) is 12.3 Å². The third-order valence-electron chi connectivity index (χ3n) is 5.10. The molecule has 1 amide bonds. The van der Waals surface area contributed by atoms with Crippen LogP contribution in [0.5, 0.6) is 0 Å². The van der Waals surface area contributed by atoms with Crippen LogP contribution in [0.3, 0.4) is 0 Å². The lowest BCUT2D eigenvalue weighted by Crippen LogP contribution is -2.20. The van der Waals surface area contributed by atoms with Crippen LogP contribution in [0.2, 0.25) is 0 Å². The summed E-state index contributed by atoms with van der Waals surface area (Å²) < 4.78 is 15.0. The van der Waals surface area contributed by atoms with Gasteiger partial charge in [0.25, 0.3) is 5.91 Å². The van der Waals surface area contributed by atoms with E-state index in [2.05, 4.69) is 16.1 Å². The number of terminal acetylenes is 1. The number of aromatic nitrogens is 1. The molecule has 8 heteroatoms. The largest absolute Gasteiger partial charge is 0.396 e. The molecule has 1 aromatic carbocycles. The van der Waals surface area contributed by atoms with Crippen molar-refractivity contribution in [3.8, 4) is 12.3 Å². The third kappa shape index (κ3) is 4.88. The standard InChI is InChI=1S/C23H22FN3O4/c1-6-15(9-10-28)11-19(29)22(30)20-13(2)21(27(5)14(20)3)23(31)26-16-7-8-17(24)18(12-16)25-4/h1,7-8,12,15,28H,9-11H2,2-3,5H3,(H,26,31)/t15-/m0/s1. The van der Waals surface area contributed by atoms with Crippen LogP contribution in [0.25, 0.3) is 4.85 Å². The summed E-state index contributed by atoms with van der Waals surface area (Å²) in [6.07, 6.45) is 5.37. The van der Waals surface area contributed by atoms with Crippen LogP contribution in [0.4, 0.5) is 15.8 Å². The zero-order valence-corrected chi connectivity index (χ0v) is 17.5. The molecule has 0 unspecified atom stereocenters. The molecule has 0 aliphatic carbocycles. The number of aliphatic hydroxyl groups is 1. The molecule has 1 aromatic heterocycles. The fraction of sp³-hybridized carbons (Fsp3) is 0.304. The maximum Gasteiger partial charge on any atom is 0.272 e. The first kappa shape index (κ1) is 23.5. The zero-order valence-electron chi connectivity index (χ0n) is 17.5. The van der Waals surface area contributed by atoms with Crippen molar-refractivity contribution in [1.82, 2.24) is 4.57 Å². The van der Waals surface area contributed by atoms with Crippen molar-refractivity contribution in [3.05, 3.63) is 57.9 Å². The van der Waals surface area contributed by atoms with Crippen molar-refractivity contribution in [3.63, 3.8) is 0 Å². The Hall–Kier alpha value is -3.75. The van der Waals surface area contributed by atoms with Crippen molar-refractivity contribution < 1.29 is 23.9 Å². The summed E-state index contributed by atoms with van der Waals surface area (Å²) in [7, 11) is 1.59. The highest BCUT2D eigenvalue weighted by Crippen LogP contribution is 2.26. The van der Waals surface area contributed by atoms with Crippen LogP contribution >= 0.6 is 0 Å². The highest BCUT2D eigenvalue weighted by molar-refractivity contribution is 6.44. The number of carbonyl (C=O) groups excluding carboxylic acids is 3. The molecule has 0 fully saturated rings. The molecule has 0 spiro atoms. The normalized spacial score (nSPS) is 11.3. The molecule has 1 atom stereocenters. The Morgan fingerprint density at radius 1 is 1.35 bits per heavy atom. The van der Waals surface area contributed by atoms with E-state index in [0.29, 0.717) is 11.3 Å². The second kappa shape index (κ2) is 9.84. The molecule has 0 bridgehead atoms. The molecule has 2 rings (SSSR count). The van der Waals surface area contributed by atoms with Crippen molar-refractivity contribution in [1.29, 1.82) is 0 Å². The highest BCUT2D eigenvalue weighted by Gasteiger charge is 2.29. The zero-order chi connectivity index (χ0) is 23.3. The van der Waals surface area contributed by atoms with Gasteiger partial charge < -0.3 is 15.0 Å². The van der Waals surface area contributed by atoms with E-state index in [1.54, 1.807) is 20.9 Å². The maximum atomic E-state index is 13.5. The predicted molar refractivity (Wildman–Crippen MR) is 113 cm³/mol. The van der Waals surface area contributed by atoms with Crippen LogP contribution in [0, 0.1) is 44.5 Å². The Labute approximate surface area is 179 Å². The van der Waals surface area contributed by atoms with Crippen molar-refractivity contribution in [2.75, 3.05) is 11.9 Å². The number of anilines is 1. The van der Waals surface area contributed by atoms with Gasteiger partial charge in [0.1, 0.15) is 11.5 Å². The lowest BCUT2D eigenvalue weighted by atomic mass is 9.94. The van der Waals surface area contributed by atoms with Crippen LogP contribution in [0.15, 0.2) is 18.2 Å². The Bertz CT molecular complexity index is 1140. The first-order chi connectivity index (χ1) is 14.7. The number of benzene rings is 1. The number of nitrogens with zero attached hydrogens (tertiary/aromatic N) is 2. The first-order valence-corrected chi connectivity index (χ1v) is 9.44. The second-order valence-corrected chi connectivity index (χ2v) is 7.06. The van der Waals surface area contributed by atoms with Gasteiger partial charge >= 0.3 is 0 Å². The Kier molecular flexibility index (Phi) is 7.47. The highest BCUT2D eigenvalue weighted by atomic mass is 19.1. The number of amides is 1. The Balaban J connectivity index is 2.34. The van der Waals surface area contributed by atoms with Crippen molar-refractivity contribution in [2.24, 2.45) is 13.0 Å². The average Bonchev–Trinajstić information content (AvgIpc) is 2.96. The van der Waals surface area contributed by atoms with Crippen LogP contribution in [-0.2, 0) is 11.8 Å². The van der Waals surface area contributed by atoms with Gasteiger partial charge in [0.05, 0.1) is 12.1 Å². The van der Waals surface area contributed by atoms with Gasteiger partial charge in [0, 0.05) is 37.4 Å². The molecule has 2 N–H and O–H groups in total. The minimum atomic E-state index is -0.750. The lowest BCUT2D eigenvalue weighted by molar-refractivity contribution is -0.115. The van der Waals surface area contributed by atoms with E-state index >= 15 is 0 Å². The third-order valence-corrected chi connectivity index (χ3v) is 5.10. The number of rotatable bonds is 8. The first-order valence-electron chi connectivity index (χ1n) is 9.44. The van der Waals surface area contributed by atoms with Crippen LogP contribution in [-0.4, -0.2) is 33.8 Å². The van der Waals surface area contributed by atoms with Gasteiger partial charge in [-0.2, -0.15) is 0 Å². The fourth-order valence-electron chi connectivity index (χ4n) is 3.36. The van der Waals surface area contributed by atoms with Gasteiger partial charge in [-0.3, -0.25) is 14.4 Å². The molecule has 7 nitrogen and oxygen atoms in total. The number of nitrogens with one attached hydrogen (secondary N) is 1. The van der Waals surface area contributed by atoms with E-state index in [1.807, 2.05) is 0 Å². The molecular weight excluding hydrogens is 401 g/mol. The summed E-state index contributed by atoms with van der Waals surface area (Å²) in [5.74, 6) is -0.869. The summed E-state index contributed by atoms with van der Waals surface area (Å²) in [5.41, 5.74) is 1.03. The predicted octanol–water partition coefficient (Wildman–Crippen LogP) is 3.36. The van der Waals surface area contributed by atoms with E-state index in [1.165, 1.54) is 16.7 Å². The molecule has 31 heavy (non-hydrogen) atoms. The van der Waals surface area contributed by atoms with E-state index < -0.39 is 29.2 Å².